The van der Waals surface area contributed by atoms with Gasteiger partial charge in [0.15, 0.2) is 0 Å². The van der Waals surface area contributed by atoms with Crippen LogP contribution in [0, 0.1) is 5.82 Å². The zero-order valence-electron chi connectivity index (χ0n) is 19.6. The number of hydrogen-bond donors (Lipinski definition) is 2. The van der Waals surface area contributed by atoms with Gasteiger partial charge in [-0.1, -0.05) is 18.2 Å². The molecule has 8 heteroatoms. The van der Waals surface area contributed by atoms with Crippen LogP contribution >= 0.6 is 0 Å². The molecule has 0 saturated carbocycles. The van der Waals surface area contributed by atoms with Crippen molar-refractivity contribution in [3.8, 4) is 22.5 Å². The minimum absolute atomic E-state index is 0.244. The number of carbonyl (C=O) groups excluding carboxylic acids is 1. The lowest BCUT2D eigenvalue weighted by atomic mass is 9.95. The van der Waals surface area contributed by atoms with Crippen molar-refractivity contribution in [3.05, 3.63) is 96.7 Å². The number of H-pyrrole nitrogens is 1. The molecule has 4 heterocycles. The molecule has 2 N–H and O–H groups in total. The first-order chi connectivity index (χ1) is 17.6. The van der Waals surface area contributed by atoms with E-state index in [-0.39, 0.29) is 11.7 Å². The third-order valence-corrected chi connectivity index (χ3v) is 5.97. The smallest absolute Gasteiger partial charge is 0.233 e. The highest BCUT2D eigenvalue weighted by Crippen LogP contribution is 2.36. The highest BCUT2D eigenvalue weighted by atomic mass is 19.1. The van der Waals surface area contributed by atoms with Gasteiger partial charge in [0, 0.05) is 37.9 Å². The molecule has 0 aliphatic heterocycles. The summed E-state index contributed by atoms with van der Waals surface area (Å²) in [6.45, 7) is 0.387. The number of rotatable bonds is 8. The highest BCUT2D eigenvalue weighted by Gasteiger charge is 2.22. The average molecular weight is 482 g/mol. The molecule has 0 bridgehead atoms. The zero-order valence-corrected chi connectivity index (χ0v) is 19.6. The molecule has 0 fully saturated rings. The third kappa shape index (κ3) is 4.85. The van der Waals surface area contributed by atoms with E-state index >= 15 is 0 Å². The number of halogens is 1. The Morgan fingerprint density at radius 3 is 2.61 bits per heavy atom. The number of hydrogen-bond acceptors (Lipinski definition) is 5. The molecular weight excluding hydrogens is 457 g/mol. The summed E-state index contributed by atoms with van der Waals surface area (Å²) < 4.78 is 18.6. The molecule has 180 valence electrons. The lowest BCUT2D eigenvalue weighted by molar-refractivity contribution is -0.118. The van der Waals surface area contributed by atoms with E-state index in [1.807, 2.05) is 42.5 Å². The number of benzene rings is 1. The Hall–Kier alpha value is -4.43. The lowest BCUT2D eigenvalue weighted by Gasteiger charge is -2.17. The number of amides is 1. The summed E-state index contributed by atoms with van der Waals surface area (Å²) in [5.74, 6) is -0.708. The fourth-order valence-electron chi connectivity index (χ4n) is 4.25. The van der Waals surface area contributed by atoms with E-state index in [1.165, 1.54) is 12.1 Å². The summed E-state index contributed by atoms with van der Waals surface area (Å²) >= 11 is 0. The monoisotopic (exact) mass is 481 g/mol. The number of aromatic amines is 1. The fourth-order valence-corrected chi connectivity index (χ4v) is 4.25. The molecule has 36 heavy (non-hydrogen) atoms. The maximum absolute atomic E-state index is 13.4. The molecular formula is C28H24FN5O2. The van der Waals surface area contributed by atoms with Crippen LogP contribution in [0.1, 0.15) is 17.9 Å². The van der Waals surface area contributed by atoms with E-state index in [9.17, 15) is 9.18 Å². The molecule has 5 rings (SSSR count). The minimum atomic E-state index is -0.516. The first kappa shape index (κ1) is 23.3. The van der Waals surface area contributed by atoms with Gasteiger partial charge in [0.05, 0.1) is 33.9 Å². The quantitative estimate of drug-likeness (QED) is 0.302. The van der Waals surface area contributed by atoms with Crippen molar-refractivity contribution in [1.82, 2.24) is 19.9 Å². The van der Waals surface area contributed by atoms with Gasteiger partial charge in [0.2, 0.25) is 5.91 Å². The highest BCUT2D eigenvalue weighted by molar-refractivity contribution is 6.01. The molecule has 0 radical (unpaired) electrons. The molecule has 5 aromatic rings. The van der Waals surface area contributed by atoms with Gasteiger partial charge < -0.3 is 15.0 Å². The first-order valence-electron chi connectivity index (χ1n) is 11.5. The minimum Gasteiger partial charge on any atom is -0.385 e. The van der Waals surface area contributed by atoms with Crippen LogP contribution in [-0.4, -0.2) is 39.6 Å². The van der Waals surface area contributed by atoms with E-state index in [4.69, 9.17) is 4.74 Å². The van der Waals surface area contributed by atoms with Gasteiger partial charge in [-0.05, 0) is 60.5 Å². The molecule has 0 saturated heterocycles. The number of nitrogens with one attached hydrogen (secondary N) is 2. The van der Waals surface area contributed by atoms with Crippen LogP contribution in [0.2, 0.25) is 0 Å². The van der Waals surface area contributed by atoms with Crippen LogP contribution in [-0.2, 0) is 9.53 Å². The Morgan fingerprint density at radius 2 is 1.83 bits per heavy atom. The maximum Gasteiger partial charge on any atom is 0.233 e. The molecule has 0 aliphatic carbocycles. The van der Waals surface area contributed by atoms with Gasteiger partial charge in [-0.25, -0.2) is 9.37 Å². The Morgan fingerprint density at radius 1 is 1.00 bits per heavy atom. The number of ether oxygens (including phenoxy) is 1. The topological polar surface area (TPSA) is 92.8 Å². The Labute approximate surface area is 207 Å². The van der Waals surface area contributed by atoms with Crippen molar-refractivity contribution < 1.29 is 13.9 Å². The van der Waals surface area contributed by atoms with Crippen molar-refractivity contribution in [3.63, 3.8) is 0 Å². The Kier molecular flexibility index (Phi) is 6.77. The summed E-state index contributed by atoms with van der Waals surface area (Å²) in [5, 5.41) is 2.92. The Bertz CT molecular complexity index is 1490. The second-order valence-corrected chi connectivity index (χ2v) is 8.29. The zero-order chi connectivity index (χ0) is 24.9. The molecule has 1 aromatic carbocycles. The summed E-state index contributed by atoms with van der Waals surface area (Å²) in [6, 6.07) is 19.2. The van der Waals surface area contributed by atoms with Gasteiger partial charge in [-0.3, -0.25) is 14.8 Å². The number of fused-ring (bicyclic) bond motifs is 1. The van der Waals surface area contributed by atoms with E-state index in [0.29, 0.717) is 24.4 Å². The second-order valence-electron chi connectivity index (χ2n) is 8.29. The molecule has 0 aliphatic rings. The van der Waals surface area contributed by atoms with Crippen LogP contribution in [0.4, 0.5) is 10.2 Å². The first-order valence-corrected chi connectivity index (χ1v) is 11.5. The van der Waals surface area contributed by atoms with Crippen LogP contribution in [0.5, 0.6) is 0 Å². The standard InChI is InChI=1S/C28H24FN5O2/c1-36-16-12-21(18-7-9-20(29)10-8-18)28(35)34-24-17-19(11-15-31-24)26-25(22-5-2-3-13-30-22)27-23(33-26)6-4-14-32-27/h2-11,13-15,17,21,33H,12,16H2,1H3,(H,31,34,35). The van der Waals surface area contributed by atoms with Gasteiger partial charge in [0.25, 0.3) is 0 Å². The third-order valence-electron chi connectivity index (χ3n) is 5.97. The normalized spacial score (nSPS) is 11.9. The van der Waals surface area contributed by atoms with Crippen LogP contribution in [0.15, 0.2) is 85.3 Å². The maximum atomic E-state index is 13.4. The van der Waals surface area contributed by atoms with Gasteiger partial charge in [0.1, 0.15) is 11.6 Å². The van der Waals surface area contributed by atoms with Gasteiger partial charge in [-0.15, -0.1) is 0 Å². The van der Waals surface area contributed by atoms with E-state index in [2.05, 4.69) is 25.3 Å². The predicted molar refractivity (Wildman–Crippen MR) is 137 cm³/mol. The van der Waals surface area contributed by atoms with E-state index < -0.39 is 5.92 Å². The number of anilines is 1. The predicted octanol–water partition coefficient (Wildman–Crippen LogP) is 5.58. The largest absolute Gasteiger partial charge is 0.385 e. The molecule has 0 spiro atoms. The Balaban J connectivity index is 1.49. The van der Waals surface area contributed by atoms with Crippen molar-refractivity contribution in [2.45, 2.75) is 12.3 Å². The summed E-state index contributed by atoms with van der Waals surface area (Å²) in [6.07, 6.45) is 5.59. The summed E-state index contributed by atoms with van der Waals surface area (Å²) in [5.41, 5.74) is 5.72. The lowest BCUT2D eigenvalue weighted by Crippen LogP contribution is -2.23. The van der Waals surface area contributed by atoms with Crippen molar-refractivity contribution in [1.29, 1.82) is 0 Å². The SMILES string of the molecule is COCCC(C(=O)Nc1cc(-c2[nH]c3cccnc3c2-c2ccccn2)ccn1)c1ccc(F)cc1. The second kappa shape index (κ2) is 10.5. The molecule has 7 nitrogen and oxygen atoms in total. The number of pyridine rings is 3. The van der Waals surface area contributed by atoms with Crippen LogP contribution in [0.25, 0.3) is 33.5 Å². The van der Waals surface area contributed by atoms with Crippen molar-refractivity contribution in [2.24, 2.45) is 0 Å². The fraction of sp³-hybridized carbons (Fsp3) is 0.143. The molecule has 1 atom stereocenters. The average Bonchev–Trinajstić information content (AvgIpc) is 3.30. The van der Waals surface area contributed by atoms with Crippen molar-refractivity contribution in [2.75, 3.05) is 19.0 Å². The van der Waals surface area contributed by atoms with Gasteiger partial charge in [-0.2, -0.15) is 0 Å². The van der Waals surface area contributed by atoms with E-state index in [1.54, 1.807) is 37.8 Å². The van der Waals surface area contributed by atoms with Crippen LogP contribution < -0.4 is 5.32 Å². The van der Waals surface area contributed by atoms with Crippen LogP contribution in [0.3, 0.4) is 0 Å². The number of methoxy groups -OCH3 is 1. The number of nitrogens with zero attached hydrogens (tertiary/aromatic N) is 3. The van der Waals surface area contributed by atoms with E-state index in [0.717, 1.165) is 33.5 Å². The molecule has 1 unspecified atom stereocenters. The number of aromatic nitrogens is 4. The van der Waals surface area contributed by atoms with Crippen molar-refractivity contribution >= 4 is 22.8 Å². The summed E-state index contributed by atoms with van der Waals surface area (Å²) in [7, 11) is 1.58. The molecule has 4 aromatic heterocycles. The molecule has 1 amide bonds. The van der Waals surface area contributed by atoms with Gasteiger partial charge >= 0.3 is 0 Å². The summed E-state index contributed by atoms with van der Waals surface area (Å²) in [4.78, 5) is 30.2. The number of carbonyl (C=O) groups is 1.